The maximum Gasteiger partial charge on any atom is 0.116 e. The van der Waals surface area contributed by atoms with Crippen LogP contribution < -0.4 is 0 Å². The molecule has 2 aromatic carbocycles. The van der Waals surface area contributed by atoms with Gasteiger partial charge >= 0.3 is 0 Å². The average molecular weight is 213 g/mol. The molecule has 0 aliphatic heterocycles. The van der Waals surface area contributed by atoms with E-state index in [0.717, 1.165) is 21.8 Å². The molecule has 16 heavy (non-hydrogen) atoms. The lowest BCUT2D eigenvalue weighted by atomic mass is 10.1. The Morgan fingerprint density at radius 1 is 0.812 bits per heavy atom. The van der Waals surface area contributed by atoms with Gasteiger partial charge < -0.3 is 14.8 Å². The first kappa shape index (κ1) is 9.09. The fourth-order valence-corrected chi connectivity index (χ4v) is 2.19. The fourth-order valence-electron chi connectivity index (χ4n) is 2.19. The van der Waals surface area contributed by atoms with E-state index < -0.39 is 0 Å². The molecule has 0 aliphatic carbocycles. The summed E-state index contributed by atoms with van der Waals surface area (Å²) in [5.41, 5.74) is 2.08. The van der Waals surface area contributed by atoms with Gasteiger partial charge in [0.1, 0.15) is 11.5 Å². The second-order valence-electron chi connectivity index (χ2n) is 3.96. The fraction of sp³-hybridized carbons (Fsp3) is 0.0769. The van der Waals surface area contributed by atoms with E-state index in [1.165, 1.54) is 0 Å². The number of aryl methyl sites for hydroxylation is 1. The van der Waals surface area contributed by atoms with Crippen LogP contribution >= 0.6 is 0 Å². The van der Waals surface area contributed by atoms with Crippen molar-refractivity contribution < 1.29 is 10.2 Å². The van der Waals surface area contributed by atoms with Crippen LogP contribution in [0.1, 0.15) is 0 Å². The predicted molar refractivity (Wildman–Crippen MR) is 63.8 cm³/mol. The van der Waals surface area contributed by atoms with Crippen molar-refractivity contribution in [2.45, 2.75) is 0 Å². The maximum atomic E-state index is 9.50. The lowest BCUT2D eigenvalue weighted by Gasteiger charge is -1.97. The largest absolute Gasteiger partial charge is 0.508 e. The summed E-state index contributed by atoms with van der Waals surface area (Å²) in [6.07, 6.45) is 0. The number of aromatic nitrogens is 1. The third kappa shape index (κ3) is 1.08. The summed E-state index contributed by atoms with van der Waals surface area (Å²) in [5, 5.41) is 20.9. The number of aromatic hydroxyl groups is 2. The minimum atomic E-state index is 0.239. The van der Waals surface area contributed by atoms with E-state index in [4.69, 9.17) is 0 Å². The normalized spacial score (nSPS) is 11.3. The van der Waals surface area contributed by atoms with Crippen molar-refractivity contribution in [2.24, 2.45) is 7.05 Å². The molecule has 1 aromatic heterocycles. The Hall–Kier alpha value is -2.16. The van der Waals surface area contributed by atoms with Crippen LogP contribution in [-0.2, 0) is 7.05 Å². The van der Waals surface area contributed by atoms with E-state index in [9.17, 15) is 10.2 Å². The van der Waals surface area contributed by atoms with Gasteiger partial charge in [-0.25, -0.2) is 0 Å². The summed E-state index contributed by atoms with van der Waals surface area (Å²) >= 11 is 0. The van der Waals surface area contributed by atoms with E-state index in [2.05, 4.69) is 0 Å². The van der Waals surface area contributed by atoms with Crippen LogP contribution in [0.15, 0.2) is 36.4 Å². The Morgan fingerprint density at radius 3 is 1.69 bits per heavy atom. The van der Waals surface area contributed by atoms with Crippen LogP contribution in [-0.4, -0.2) is 14.8 Å². The molecule has 0 amide bonds. The summed E-state index contributed by atoms with van der Waals surface area (Å²) < 4.78 is 2.05. The number of hydrogen-bond donors (Lipinski definition) is 2. The van der Waals surface area contributed by atoms with Crippen molar-refractivity contribution in [1.82, 2.24) is 4.57 Å². The first-order valence-corrected chi connectivity index (χ1v) is 5.07. The number of rotatable bonds is 0. The highest BCUT2D eigenvalue weighted by Crippen LogP contribution is 2.32. The van der Waals surface area contributed by atoms with Crippen molar-refractivity contribution in [1.29, 1.82) is 0 Å². The molecule has 0 bridgehead atoms. The van der Waals surface area contributed by atoms with Gasteiger partial charge in [-0.1, -0.05) is 0 Å². The van der Waals surface area contributed by atoms with Crippen LogP contribution in [0.25, 0.3) is 21.8 Å². The highest BCUT2D eigenvalue weighted by atomic mass is 16.3. The smallest absolute Gasteiger partial charge is 0.116 e. The highest BCUT2D eigenvalue weighted by Gasteiger charge is 2.08. The quantitative estimate of drug-likeness (QED) is 0.603. The zero-order valence-electron chi connectivity index (χ0n) is 8.81. The van der Waals surface area contributed by atoms with Crippen molar-refractivity contribution in [3.05, 3.63) is 36.4 Å². The van der Waals surface area contributed by atoms with Gasteiger partial charge in [0.25, 0.3) is 0 Å². The molecule has 0 unspecified atom stereocenters. The molecule has 0 fully saturated rings. The number of benzene rings is 2. The molecule has 0 spiro atoms. The molecule has 80 valence electrons. The Balaban J connectivity index is 2.60. The lowest BCUT2D eigenvalue weighted by Crippen LogP contribution is -1.85. The van der Waals surface area contributed by atoms with Crippen LogP contribution in [0.5, 0.6) is 11.5 Å². The van der Waals surface area contributed by atoms with Crippen molar-refractivity contribution >= 4 is 21.8 Å². The third-order valence-corrected chi connectivity index (χ3v) is 2.97. The molecular formula is C13H11NO2. The van der Waals surface area contributed by atoms with Gasteiger partial charge in [-0.3, -0.25) is 0 Å². The Kier molecular flexibility index (Phi) is 1.66. The summed E-state index contributed by atoms with van der Waals surface area (Å²) in [5.74, 6) is 0.478. The minimum Gasteiger partial charge on any atom is -0.508 e. The van der Waals surface area contributed by atoms with E-state index in [0.29, 0.717) is 0 Å². The summed E-state index contributed by atoms with van der Waals surface area (Å²) in [6, 6.07) is 10.5. The lowest BCUT2D eigenvalue weighted by molar-refractivity contribution is 0.475. The topological polar surface area (TPSA) is 45.4 Å². The van der Waals surface area contributed by atoms with Gasteiger partial charge in [0.2, 0.25) is 0 Å². The molecule has 0 saturated heterocycles. The van der Waals surface area contributed by atoms with E-state index >= 15 is 0 Å². The van der Waals surface area contributed by atoms with E-state index in [1.807, 2.05) is 23.7 Å². The van der Waals surface area contributed by atoms with Crippen LogP contribution in [0.4, 0.5) is 0 Å². The number of nitrogens with zero attached hydrogens (tertiary/aromatic N) is 1. The number of phenolic OH excluding ortho intramolecular Hbond substituents is 2. The molecule has 0 aliphatic rings. The zero-order chi connectivity index (χ0) is 11.3. The number of hydrogen-bond acceptors (Lipinski definition) is 2. The Labute approximate surface area is 92.2 Å². The van der Waals surface area contributed by atoms with Gasteiger partial charge in [0.05, 0.1) is 0 Å². The molecule has 0 atom stereocenters. The standard InChI is InChI=1S/C13H11NO2/c1-14-12-4-2-8(15)6-10(12)11-7-9(16)3-5-13(11)14/h2-7,15-16H,1H3. The van der Waals surface area contributed by atoms with Gasteiger partial charge in [-0.2, -0.15) is 0 Å². The second kappa shape index (κ2) is 2.92. The van der Waals surface area contributed by atoms with Gasteiger partial charge in [0.15, 0.2) is 0 Å². The Morgan fingerprint density at radius 2 is 1.25 bits per heavy atom. The van der Waals surface area contributed by atoms with Crippen LogP contribution in [0.3, 0.4) is 0 Å². The van der Waals surface area contributed by atoms with Crippen molar-refractivity contribution in [3.63, 3.8) is 0 Å². The third-order valence-electron chi connectivity index (χ3n) is 2.97. The molecule has 1 heterocycles. The first-order valence-electron chi connectivity index (χ1n) is 5.07. The SMILES string of the molecule is Cn1c2ccc(O)cc2c2cc(O)ccc21. The van der Waals surface area contributed by atoms with Gasteiger partial charge in [-0.15, -0.1) is 0 Å². The Bertz CT molecular complexity index is 639. The second-order valence-corrected chi connectivity index (χ2v) is 3.96. The summed E-state index contributed by atoms with van der Waals surface area (Å²) in [4.78, 5) is 0. The molecule has 3 nitrogen and oxygen atoms in total. The average Bonchev–Trinajstić information content (AvgIpc) is 2.52. The van der Waals surface area contributed by atoms with Crippen molar-refractivity contribution in [2.75, 3.05) is 0 Å². The first-order chi connectivity index (χ1) is 7.66. The molecular weight excluding hydrogens is 202 g/mol. The molecule has 2 N–H and O–H groups in total. The predicted octanol–water partition coefficient (Wildman–Crippen LogP) is 2.74. The number of fused-ring (bicyclic) bond motifs is 3. The van der Waals surface area contributed by atoms with E-state index in [1.54, 1.807) is 24.3 Å². The van der Waals surface area contributed by atoms with Crippen LogP contribution in [0, 0.1) is 0 Å². The zero-order valence-corrected chi connectivity index (χ0v) is 8.81. The van der Waals surface area contributed by atoms with Gasteiger partial charge in [0, 0.05) is 28.9 Å². The summed E-state index contributed by atoms with van der Waals surface area (Å²) in [6.45, 7) is 0. The van der Waals surface area contributed by atoms with E-state index in [-0.39, 0.29) is 11.5 Å². The maximum absolute atomic E-state index is 9.50. The number of phenols is 2. The molecule has 3 rings (SSSR count). The summed E-state index contributed by atoms with van der Waals surface area (Å²) in [7, 11) is 1.97. The minimum absolute atomic E-state index is 0.239. The molecule has 0 saturated carbocycles. The van der Waals surface area contributed by atoms with Crippen LogP contribution in [0.2, 0.25) is 0 Å². The molecule has 0 radical (unpaired) electrons. The van der Waals surface area contributed by atoms with Gasteiger partial charge in [-0.05, 0) is 36.4 Å². The highest BCUT2D eigenvalue weighted by molar-refractivity contribution is 6.08. The molecule has 3 aromatic rings. The monoisotopic (exact) mass is 213 g/mol. The molecule has 3 heteroatoms. The van der Waals surface area contributed by atoms with Crippen molar-refractivity contribution in [3.8, 4) is 11.5 Å².